The highest BCUT2D eigenvalue weighted by Gasteiger charge is 2.27. The van der Waals surface area contributed by atoms with E-state index in [2.05, 4.69) is 4.98 Å². The van der Waals surface area contributed by atoms with Crippen molar-refractivity contribution in [2.45, 2.75) is 26.8 Å². The van der Waals surface area contributed by atoms with Crippen LogP contribution in [-0.2, 0) is 9.53 Å². The summed E-state index contributed by atoms with van der Waals surface area (Å²) in [4.78, 5) is 15.2. The van der Waals surface area contributed by atoms with Gasteiger partial charge in [0.2, 0.25) is 0 Å². The predicted octanol–water partition coefficient (Wildman–Crippen LogP) is 3.38. The van der Waals surface area contributed by atoms with Crippen LogP contribution in [0.5, 0.6) is 0 Å². The average molecular weight is 278 g/mol. The molecular formula is C14H18N2O2S. The lowest BCUT2D eigenvalue weighted by atomic mass is 10.0. The van der Waals surface area contributed by atoms with Crippen molar-refractivity contribution in [2.24, 2.45) is 5.92 Å². The van der Waals surface area contributed by atoms with E-state index in [0.29, 0.717) is 4.77 Å². The number of fused-ring (bicyclic) bond motifs is 1. The summed E-state index contributed by atoms with van der Waals surface area (Å²) in [5.74, 6) is -0.174. The maximum Gasteiger partial charge on any atom is 0.329 e. The highest BCUT2D eigenvalue weighted by atomic mass is 32.1. The molecule has 102 valence electrons. The van der Waals surface area contributed by atoms with E-state index in [1.807, 2.05) is 43.5 Å². The summed E-state index contributed by atoms with van der Waals surface area (Å²) in [6, 6.07) is 5.61. The largest absolute Gasteiger partial charge is 0.467 e. The molecule has 0 fully saturated rings. The van der Waals surface area contributed by atoms with Crippen molar-refractivity contribution in [3.63, 3.8) is 0 Å². The number of methoxy groups -OCH3 is 1. The minimum atomic E-state index is -0.408. The first kappa shape index (κ1) is 13.8. The molecule has 0 aliphatic heterocycles. The number of rotatable bonds is 3. The number of H-pyrrole nitrogens is 1. The van der Waals surface area contributed by atoms with Crippen LogP contribution in [0, 0.1) is 17.6 Å². The molecule has 1 N–H and O–H groups in total. The SMILES string of the molecule is COC(=O)C(C(C)C)n1c(=S)[nH]c2cc(C)ccc21. The summed E-state index contributed by atoms with van der Waals surface area (Å²) in [5.41, 5.74) is 3.02. The van der Waals surface area contributed by atoms with Crippen LogP contribution in [0.4, 0.5) is 0 Å². The molecule has 0 saturated carbocycles. The Hall–Kier alpha value is -1.62. The van der Waals surface area contributed by atoms with Crippen molar-refractivity contribution in [3.8, 4) is 0 Å². The Morgan fingerprint density at radius 3 is 2.68 bits per heavy atom. The number of carbonyl (C=O) groups excluding carboxylic acids is 1. The third kappa shape index (κ3) is 2.42. The molecule has 0 aliphatic rings. The van der Waals surface area contributed by atoms with E-state index in [1.54, 1.807) is 0 Å². The molecular weight excluding hydrogens is 260 g/mol. The van der Waals surface area contributed by atoms with Crippen molar-refractivity contribution in [1.29, 1.82) is 0 Å². The Balaban J connectivity index is 2.69. The molecule has 4 nitrogen and oxygen atoms in total. The number of aryl methyl sites for hydroxylation is 1. The van der Waals surface area contributed by atoms with Crippen molar-refractivity contribution in [2.75, 3.05) is 7.11 Å². The molecule has 0 spiro atoms. The summed E-state index contributed by atoms with van der Waals surface area (Å²) in [6.07, 6.45) is 0. The van der Waals surface area contributed by atoms with Gasteiger partial charge in [-0.15, -0.1) is 0 Å². The third-order valence-corrected chi connectivity index (χ3v) is 3.52. The van der Waals surface area contributed by atoms with Crippen LogP contribution < -0.4 is 0 Å². The Morgan fingerprint density at radius 1 is 1.42 bits per heavy atom. The standard InChI is InChI=1S/C14H18N2O2S/c1-8(2)12(13(17)18-4)16-11-6-5-9(3)7-10(11)15-14(16)19/h5-8,12H,1-4H3,(H,15,19). The van der Waals surface area contributed by atoms with Gasteiger partial charge in [-0.2, -0.15) is 0 Å². The fourth-order valence-electron chi connectivity index (χ4n) is 2.32. The van der Waals surface area contributed by atoms with E-state index in [9.17, 15) is 4.79 Å². The number of aromatic amines is 1. The van der Waals surface area contributed by atoms with Crippen molar-refractivity contribution in [3.05, 3.63) is 28.5 Å². The highest BCUT2D eigenvalue weighted by Crippen LogP contribution is 2.26. The van der Waals surface area contributed by atoms with Gasteiger partial charge in [-0.05, 0) is 42.8 Å². The molecule has 1 aromatic heterocycles. The summed E-state index contributed by atoms with van der Waals surface area (Å²) >= 11 is 5.36. The van der Waals surface area contributed by atoms with Gasteiger partial charge in [-0.25, -0.2) is 4.79 Å². The number of ether oxygens (including phenoxy) is 1. The lowest BCUT2D eigenvalue weighted by Crippen LogP contribution is -2.25. The van der Waals surface area contributed by atoms with Crippen LogP contribution in [0.1, 0.15) is 25.5 Å². The zero-order valence-corrected chi connectivity index (χ0v) is 12.4. The number of nitrogens with one attached hydrogen (secondary N) is 1. The molecule has 1 atom stereocenters. The second-order valence-electron chi connectivity index (χ2n) is 5.03. The number of hydrogen-bond donors (Lipinski definition) is 1. The molecule has 0 amide bonds. The molecule has 0 saturated heterocycles. The zero-order valence-electron chi connectivity index (χ0n) is 11.6. The fraction of sp³-hybridized carbons (Fsp3) is 0.429. The predicted molar refractivity (Wildman–Crippen MR) is 77.8 cm³/mol. The Labute approximate surface area is 117 Å². The van der Waals surface area contributed by atoms with Gasteiger partial charge in [0.25, 0.3) is 0 Å². The van der Waals surface area contributed by atoms with E-state index in [4.69, 9.17) is 17.0 Å². The minimum absolute atomic E-state index is 0.0967. The fourth-order valence-corrected chi connectivity index (χ4v) is 2.64. The van der Waals surface area contributed by atoms with E-state index < -0.39 is 6.04 Å². The monoisotopic (exact) mass is 278 g/mol. The Kier molecular flexibility index (Phi) is 3.75. The number of esters is 1. The van der Waals surface area contributed by atoms with Crippen LogP contribution in [0.3, 0.4) is 0 Å². The van der Waals surface area contributed by atoms with Gasteiger partial charge in [0, 0.05) is 0 Å². The first-order valence-corrected chi connectivity index (χ1v) is 6.65. The number of carbonyl (C=O) groups is 1. The van der Waals surface area contributed by atoms with Crippen LogP contribution >= 0.6 is 12.2 Å². The Morgan fingerprint density at radius 2 is 2.11 bits per heavy atom. The minimum Gasteiger partial charge on any atom is -0.467 e. The molecule has 1 aromatic carbocycles. The molecule has 1 unspecified atom stereocenters. The first-order chi connectivity index (χ1) is 8.95. The zero-order chi connectivity index (χ0) is 14.2. The molecule has 0 radical (unpaired) electrons. The van der Waals surface area contributed by atoms with Crippen molar-refractivity contribution < 1.29 is 9.53 Å². The molecule has 2 rings (SSSR count). The maximum absolute atomic E-state index is 12.0. The van der Waals surface area contributed by atoms with Crippen LogP contribution in [0.15, 0.2) is 18.2 Å². The lowest BCUT2D eigenvalue weighted by Gasteiger charge is -2.20. The van der Waals surface area contributed by atoms with E-state index in [-0.39, 0.29) is 11.9 Å². The van der Waals surface area contributed by atoms with Gasteiger partial charge in [0.1, 0.15) is 6.04 Å². The molecule has 1 heterocycles. The second-order valence-corrected chi connectivity index (χ2v) is 5.42. The second kappa shape index (κ2) is 5.17. The molecule has 0 aliphatic carbocycles. The number of imidazole rings is 1. The van der Waals surface area contributed by atoms with E-state index in [1.165, 1.54) is 7.11 Å². The van der Waals surface area contributed by atoms with Gasteiger partial charge in [0.15, 0.2) is 4.77 Å². The van der Waals surface area contributed by atoms with Gasteiger partial charge in [0.05, 0.1) is 18.1 Å². The van der Waals surface area contributed by atoms with Crippen LogP contribution in [0.2, 0.25) is 0 Å². The number of hydrogen-bond acceptors (Lipinski definition) is 3. The van der Waals surface area contributed by atoms with Crippen molar-refractivity contribution in [1.82, 2.24) is 9.55 Å². The quantitative estimate of drug-likeness (QED) is 0.691. The summed E-state index contributed by atoms with van der Waals surface area (Å²) in [7, 11) is 1.40. The summed E-state index contributed by atoms with van der Waals surface area (Å²) in [6.45, 7) is 5.99. The molecule has 2 aromatic rings. The third-order valence-electron chi connectivity index (χ3n) is 3.22. The number of aromatic nitrogens is 2. The van der Waals surface area contributed by atoms with E-state index >= 15 is 0 Å². The normalized spacial score (nSPS) is 12.9. The highest BCUT2D eigenvalue weighted by molar-refractivity contribution is 7.71. The van der Waals surface area contributed by atoms with Crippen LogP contribution in [-0.4, -0.2) is 22.6 Å². The Bertz CT molecular complexity index is 670. The number of benzene rings is 1. The lowest BCUT2D eigenvalue weighted by molar-refractivity contribution is -0.145. The topological polar surface area (TPSA) is 47.0 Å². The molecule has 5 heteroatoms. The molecule has 19 heavy (non-hydrogen) atoms. The summed E-state index contributed by atoms with van der Waals surface area (Å²) in [5, 5.41) is 0. The summed E-state index contributed by atoms with van der Waals surface area (Å²) < 4.78 is 7.30. The first-order valence-electron chi connectivity index (χ1n) is 6.24. The average Bonchev–Trinajstić information content (AvgIpc) is 2.65. The van der Waals surface area contributed by atoms with Gasteiger partial charge in [-0.1, -0.05) is 19.9 Å². The van der Waals surface area contributed by atoms with E-state index in [0.717, 1.165) is 16.6 Å². The number of nitrogens with zero attached hydrogens (tertiary/aromatic N) is 1. The molecule has 0 bridgehead atoms. The van der Waals surface area contributed by atoms with Crippen molar-refractivity contribution >= 4 is 29.2 Å². The smallest absolute Gasteiger partial charge is 0.329 e. The van der Waals surface area contributed by atoms with Gasteiger partial charge in [-0.3, -0.25) is 0 Å². The van der Waals surface area contributed by atoms with Gasteiger partial charge < -0.3 is 14.3 Å². The maximum atomic E-state index is 12.0. The van der Waals surface area contributed by atoms with Gasteiger partial charge >= 0.3 is 5.97 Å². The van der Waals surface area contributed by atoms with Crippen LogP contribution in [0.25, 0.3) is 11.0 Å².